The Hall–Kier alpha value is -1.82. The molecular weight excluding hydrogens is 383 g/mol. The van der Waals surface area contributed by atoms with E-state index in [2.05, 4.69) is 29.0 Å². The van der Waals surface area contributed by atoms with E-state index < -0.39 is 0 Å². The Morgan fingerprint density at radius 2 is 1.74 bits per heavy atom. The third-order valence-corrected chi connectivity index (χ3v) is 4.50. The van der Waals surface area contributed by atoms with Crippen molar-refractivity contribution in [1.82, 2.24) is 10.3 Å². The number of hydrogen-bond donors (Lipinski definition) is 2. The number of benzene rings is 1. The van der Waals surface area contributed by atoms with Crippen molar-refractivity contribution in [3.05, 3.63) is 59.8 Å². The molecule has 1 aromatic carbocycles. The first-order valence-electron chi connectivity index (χ1n) is 8.84. The number of hydrogen-bond acceptors (Lipinski definition) is 4. The van der Waals surface area contributed by atoms with Gasteiger partial charge in [0.25, 0.3) is 0 Å². The van der Waals surface area contributed by atoms with Crippen molar-refractivity contribution in [3.8, 4) is 0 Å². The minimum Gasteiger partial charge on any atom is -0.357 e. The quantitative estimate of drug-likeness (QED) is 0.692. The standard InChI is InChI=1S/C20H28N4O.2ClH/c1-4-24(5-2)18-12-11-16(13-22-18)14-23-20(25)15(3)19(21)17-9-7-6-8-10-17;;/h6-13,15,19H,4-5,14,21H2,1-3H3,(H,23,25);2*1H. The maximum Gasteiger partial charge on any atom is 0.225 e. The van der Waals surface area contributed by atoms with E-state index in [1.165, 1.54) is 0 Å². The molecule has 3 N–H and O–H groups in total. The number of amides is 1. The number of halogens is 2. The average Bonchev–Trinajstić information content (AvgIpc) is 2.67. The van der Waals surface area contributed by atoms with E-state index >= 15 is 0 Å². The van der Waals surface area contributed by atoms with Crippen LogP contribution in [0.5, 0.6) is 0 Å². The molecule has 1 amide bonds. The average molecular weight is 413 g/mol. The molecule has 7 heteroatoms. The van der Waals surface area contributed by atoms with Gasteiger partial charge in [0.1, 0.15) is 5.82 Å². The minimum absolute atomic E-state index is 0. The molecule has 0 radical (unpaired) electrons. The molecule has 0 aliphatic rings. The lowest BCUT2D eigenvalue weighted by atomic mass is 9.94. The van der Waals surface area contributed by atoms with Crippen LogP contribution in [0.4, 0.5) is 5.82 Å². The molecule has 27 heavy (non-hydrogen) atoms. The summed E-state index contributed by atoms with van der Waals surface area (Å²) in [6.45, 7) is 8.38. The highest BCUT2D eigenvalue weighted by Gasteiger charge is 2.21. The van der Waals surface area contributed by atoms with Gasteiger partial charge >= 0.3 is 0 Å². The van der Waals surface area contributed by atoms with Crippen molar-refractivity contribution < 1.29 is 4.79 Å². The first kappa shape index (κ1) is 25.2. The van der Waals surface area contributed by atoms with Gasteiger partial charge in [-0.05, 0) is 31.0 Å². The van der Waals surface area contributed by atoms with Crippen molar-refractivity contribution in [3.63, 3.8) is 0 Å². The van der Waals surface area contributed by atoms with Crippen LogP contribution >= 0.6 is 24.8 Å². The summed E-state index contributed by atoms with van der Waals surface area (Å²) in [5, 5.41) is 2.95. The Balaban J connectivity index is 0.00000338. The Bertz CT molecular complexity index is 663. The molecule has 0 aliphatic carbocycles. The zero-order chi connectivity index (χ0) is 18.2. The fourth-order valence-electron chi connectivity index (χ4n) is 2.73. The van der Waals surface area contributed by atoms with Crippen LogP contribution in [0.3, 0.4) is 0 Å². The highest BCUT2D eigenvalue weighted by molar-refractivity contribution is 5.85. The number of carbonyl (C=O) groups excluding carboxylic acids is 1. The number of nitrogens with zero attached hydrogens (tertiary/aromatic N) is 2. The van der Waals surface area contributed by atoms with Gasteiger partial charge in [-0.3, -0.25) is 4.79 Å². The van der Waals surface area contributed by atoms with Crippen LogP contribution in [0.1, 0.15) is 37.9 Å². The van der Waals surface area contributed by atoms with E-state index in [0.717, 1.165) is 30.0 Å². The van der Waals surface area contributed by atoms with Gasteiger partial charge in [0.2, 0.25) is 5.91 Å². The van der Waals surface area contributed by atoms with Gasteiger partial charge in [-0.1, -0.05) is 43.3 Å². The summed E-state index contributed by atoms with van der Waals surface area (Å²) in [7, 11) is 0. The molecule has 150 valence electrons. The van der Waals surface area contributed by atoms with Gasteiger partial charge in [0.05, 0.1) is 5.92 Å². The van der Waals surface area contributed by atoms with Crippen molar-refractivity contribution >= 4 is 36.5 Å². The van der Waals surface area contributed by atoms with E-state index in [1.807, 2.05) is 55.6 Å². The highest BCUT2D eigenvalue weighted by atomic mass is 35.5. The smallest absolute Gasteiger partial charge is 0.225 e. The van der Waals surface area contributed by atoms with Gasteiger partial charge in [-0.2, -0.15) is 0 Å². The van der Waals surface area contributed by atoms with E-state index in [4.69, 9.17) is 5.73 Å². The first-order valence-corrected chi connectivity index (χ1v) is 8.84. The second kappa shape index (κ2) is 12.5. The minimum atomic E-state index is -0.315. The molecule has 2 atom stereocenters. The maximum atomic E-state index is 12.4. The van der Waals surface area contributed by atoms with Gasteiger partial charge in [-0.15, -0.1) is 24.8 Å². The molecule has 2 aromatic rings. The Morgan fingerprint density at radius 3 is 2.26 bits per heavy atom. The number of aromatic nitrogens is 1. The fourth-order valence-corrected chi connectivity index (χ4v) is 2.73. The molecule has 0 aliphatic heterocycles. The molecule has 2 unspecified atom stereocenters. The van der Waals surface area contributed by atoms with Gasteiger partial charge < -0.3 is 16.0 Å². The third-order valence-electron chi connectivity index (χ3n) is 4.50. The van der Waals surface area contributed by atoms with Crippen LogP contribution in [0.25, 0.3) is 0 Å². The SMILES string of the molecule is CCN(CC)c1ccc(CNC(=O)C(C)C(N)c2ccccc2)cn1.Cl.Cl. The number of pyridine rings is 1. The molecule has 1 aromatic heterocycles. The predicted molar refractivity (Wildman–Crippen MR) is 117 cm³/mol. The summed E-state index contributed by atoms with van der Waals surface area (Å²) in [5.74, 6) is 0.606. The van der Waals surface area contributed by atoms with E-state index in [0.29, 0.717) is 6.54 Å². The van der Waals surface area contributed by atoms with Crippen LogP contribution in [-0.2, 0) is 11.3 Å². The topological polar surface area (TPSA) is 71.2 Å². The lowest BCUT2D eigenvalue weighted by molar-refractivity contribution is -0.125. The zero-order valence-corrected chi connectivity index (χ0v) is 17.7. The van der Waals surface area contributed by atoms with E-state index in [1.54, 1.807) is 0 Å². The predicted octanol–water partition coefficient (Wildman–Crippen LogP) is 3.72. The normalized spacial score (nSPS) is 12.1. The Morgan fingerprint density at radius 1 is 1.11 bits per heavy atom. The molecule has 0 saturated carbocycles. The molecule has 0 bridgehead atoms. The van der Waals surface area contributed by atoms with Crippen molar-refractivity contribution in [1.29, 1.82) is 0 Å². The van der Waals surface area contributed by atoms with Crippen molar-refractivity contribution in [2.24, 2.45) is 11.7 Å². The fraction of sp³-hybridized carbons (Fsp3) is 0.400. The largest absolute Gasteiger partial charge is 0.357 e. The molecular formula is C20H30Cl2N4O. The Labute approximate surface area is 174 Å². The second-order valence-corrected chi connectivity index (χ2v) is 6.14. The van der Waals surface area contributed by atoms with Crippen LogP contribution in [0, 0.1) is 5.92 Å². The summed E-state index contributed by atoms with van der Waals surface area (Å²) in [5.41, 5.74) is 8.16. The van der Waals surface area contributed by atoms with E-state index in [9.17, 15) is 4.79 Å². The number of rotatable bonds is 8. The van der Waals surface area contributed by atoms with Crippen molar-refractivity contribution in [2.45, 2.75) is 33.4 Å². The lowest BCUT2D eigenvalue weighted by Crippen LogP contribution is -2.35. The second-order valence-electron chi connectivity index (χ2n) is 6.14. The monoisotopic (exact) mass is 412 g/mol. The molecule has 0 saturated heterocycles. The van der Waals surface area contributed by atoms with Crippen LogP contribution in [0.15, 0.2) is 48.7 Å². The van der Waals surface area contributed by atoms with Gasteiger partial charge in [0, 0.05) is 31.9 Å². The van der Waals surface area contributed by atoms with Gasteiger partial charge in [-0.25, -0.2) is 4.98 Å². The summed E-state index contributed by atoms with van der Waals surface area (Å²) >= 11 is 0. The summed E-state index contributed by atoms with van der Waals surface area (Å²) in [4.78, 5) is 19.0. The molecule has 0 fully saturated rings. The number of carbonyl (C=O) groups is 1. The first-order chi connectivity index (χ1) is 12.1. The zero-order valence-electron chi connectivity index (χ0n) is 16.1. The number of nitrogens with two attached hydrogens (primary N) is 1. The van der Waals surface area contributed by atoms with Crippen molar-refractivity contribution in [2.75, 3.05) is 18.0 Å². The summed E-state index contributed by atoms with van der Waals surface area (Å²) in [6.07, 6.45) is 1.82. The highest BCUT2D eigenvalue weighted by Crippen LogP contribution is 2.19. The molecule has 0 spiro atoms. The summed E-state index contributed by atoms with van der Waals surface area (Å²) < 4.78 is 0. The maximum absolute atomic E-state index is 12.4. The third kappa shape index (κ3) is 7.01. The van der Waals surface area contributed by atoms with Gasteiger partial charge in [0.15, 0.2) is 0 Å². The molecule has 5 nitrogen and oxygen atoms in total. The Kier molecular flexibility index (Phi) is 11.7. The summed E-state index contributed by atoms with van der Waals surface area (Å²) in [6, 6.07) is 13.4. The van der Waals surface area contributed by atoms with Crippen LogP contribution in [-0.4, -0.2) is 24.0 Å². The molecule has 2 rings (SSSR count). The lowest BCUT2D eigenvalue weighted by Gasteiger charge is -2.21. The van der Waals surface area contributed by atoms with E-state index in [-0.39, 0.29) is 42.7 Å². The van der Waals surface area contributed by atoms with Crippen LogP contribution < -0.4 is 16.0 Å². The number of anilines is 1. The van der Waals surface area contributed by atoms with Crippen LogP contribution in [0.2, 0.25) is 0 Å². The number of nitrogens with one attached hydrogen (secondary N) is 1. The molecule has 1 heterocycles.